The van der Waals surface area contributed by atoms with Crippen LogP contribution in [0.2, 0.25) is 0 Å². The van der Waals surface area contributed by atoms with Crippen molar-refractivity contribution in [2.24, 2.45) is 0 Å². The first-order valence-corrected chi connectivity index (χ1v) is 18.6. The summed E-state index contributed by atoms with van der Waals surface area (Å²) in [6.07, 6.45) is -2.57. The molecular formula is C45H42F3N5O3. The van der Waals surface area contributed by atoms with Gasteiger partial charge in [-0.3, -0.25) is 4.79 Å². The van der Waals surface area contributed by atoms with Gasteiger partial charge in [-0.25, -0.2) is 4.98 Å². The molecule has 0 aliphatic carbocycles. The average molecular weight is 758 g/mol. The van der Waals surface area contributed by atoms with Crippen molar-refractivity contribution in [3.05, 3.63) is 161 Å². The first kappa shape index (κ1) is 38.2. The SMILES string of the molecule is CC(NC(=O)c1cc(-c2ccccc2)nc2ccccc12)c1ccccc1.COc1cc2onc(C(F)(F)F)c2cc1CNC1CCCNC1c1ccccc1. The van der Waals surface area contributed by atoms with Crippen LogP contribution in [0.1, 0.15) is 64.6 Å². The Hall–Kier alpha value is -6.04. The predicted octanol–water partition coefficient (Wildman–Crippen LogP) is 9.83. The molecule has 3 unspecified atom stereocenters. The number of amides is 1. The van der Waals surface area contributed by atoms with E-state index in [2.05, 4.69) is 33.2 Å². The minimum atomic E-state index is -4.57. The highest BCUT2D eigenvalue weighted by atomic mass is 19.4. The van der Waals surface area contributed by atoms with Crippen LogP contribution in [0.3, 0.4) is 0 Å². The van der Waals surface area contributed by atoms with Crippen molar-refractivity contribution in [1.29, 1.82) is 0 Å². The van der Waals surface area contributed by atoms with Crippen LogP contribution in [-0.4, -0.2) is 35.7 Å². The van der Waals surface area contributed by atoms with Gasteiger partial charge in [0.25, 0.3) is 5.91 Å². The molecule has 1 fully saturated rings. The third kappa shape index (κ3) is 8.75. The van der Waals surface area contributed by atoms with Crippen LogP contribution in [0.4, 0.5) is 13.2 Å². The number of alkyl halides is 3. The maximum Gasteiger partial charge on any atom is 0.437 e. The highest BCUT2D eigenvalue weighted by Gasteiger charge is 2.37. The molecule has 2 aromatic heterocycles. The average Bonchev–Trinajstić information content (AvgIpc) is 3.67. The van der Waals surface area contributed by atoms with E-state index >= 15 is 0 Å². The predicted molar refractivity (Wildman–Crippen MR) is 212 cm³/mol. The van der Waals surface area contributed by atoms with E-state index in [1.807, 2.05) is 116 Å². The molecule has 8 rings (SSSR count). The van der Waals surface area contributed by atoms with Crippen LogP contribution < -0.4 is 20.7 Å². The fraction of sp³-hybridized carbons (Fsp3) is 0.222. The van der Waals surface area contributed by atoms with Crippen LogP contribution in [0, 0.1) is 0 Å². The Morgan fingerprint density at radius 2 is 1.57 bits per heavy atom. The van der Waals surface area contributed by atoms with E-state index in [9.17, 15) is 18.0 Å². The molecule has 8 nitrogen and oxygen atoms in total. The summed E-state index contributed by atoms with van der Waals surface area (Å²) in [5.74, 6) is 0.372. The maximum absolute atomic E-state index is 13.2. The van der Waals surface area contributed by atoms with Crippen molar-refractivity contribution in [3.63, 3.8) is 0 Å². The Labute approximate surface area is 323 Å². The number of rotatable bonds is 9. The molecule has 1 saturated heterocycles. The lowest BCUT2D eigenvalue weighted by Crippen LogP contribution is -2.45. The first-order valence-electron chi connectivity index (χ1n) is 18.6. The van der Waals surface area contributed by atoms with Crippen LogP contribution in [0.15, 0.2) is 138 Å². The first-order chi connectivity index (χ1) is 27.2. The van der Waals surface area contributed by atoms with Crippen molar-refractivity contribution >= 4 is 27.8 Å². The molecule has 3 N–H and O–H groups in total. The number of piperidine rings is 1. The summed E-state index contributed by atoms with van der Waals surface area (Å²) in [4.78, 5) is 17.8. The number of benzene rings is 5. The zero-order valence-electron chi connectivity index (χ0n) is 31.0. The highest BCUT2D eigenvalue weighted by Crippen LogP contribution is 2.37. The van der Waals surface area contributed by atoms with Crippen molar-refractivity contribution in [2.45, 2.75) is 50.6 Å². The number of carbonyl (C=O) groups excluding carboxylic acids is 1. The quantitative estimate of drug-likeness (QED) is 0.135. The number of aromatic nitrogens is 2. The number of para-hydroxylation sites is 1. The van der Waals surface area contributed by atoms with E-state index in [-0.39, 0.29) is 35.0 Å². The molecule has 5 aromatic carbocycles. The zero-order chi connectivity index (χ0) is 39.1. The zero-order valence-corrected chi connectivity index (χ0v) is 31.0. The molecule has 3 heterocycles. The van der Waals surface area contributed by atoms with E-state index in [0.29, 0.717) is 23.4 Å². The van der Waals surface area contributed by atoms with Gasteiger partial charge in [-0.1, -0.05) is 114 Å². The van der Waals surface area contributed by atoms with Crippen molar-refractivity contribution in [2.75, 3.05) is 13.7 Å². The topological polar surface area (TPSA) is 101 Å². The number of methoxy groups -OCH3 is 1. The second-order valence-electron chi connectivity index (χ2n) is 13.7. The molecule has 286 valence electrons. The molecule has 0 bridgehead atoms. The van der Waals surface area contributed by atoms with Gasteiger partial charge < -0.3 is 25.2 Å². The molecular weight excluding hydrogens is 716 g/mol. The monoisotopic (exact) mass is 757 g/mol. The molecule has 3 atom stereocenters. The van der Waals surface area contributed by atoms with Gasteiger partial charge in [-0.05, 0) is 55.6 Å². The highest BCUT2D eigenvalue weighted by molar-refractivity contribution is 6.07. The Balaban J connectivity index is 0.000000172. The number of fused-ring (bicyclic) bond motifs is 2. The third-order valence-corrected chi connectivity index (χ3v) is 9.99. The van der Waals surface area contributed by atoms with Gasteiger partial charge in [-0.15, -0.1) is 0 Å². The number of pyridine rings is 1. The summed E-state index contributed by atoms with van der Waals surface area (Å²) in [6.45, 7) is 3.30. The molecule has 1 aliphatic heterocycles. The van der Waals surface area contributed by atoms with Gasteiger partial charge in [0.05, 0.1) is 35.3 Å². The van der Waals surface area contributed by atoms with Gasteiger partial charge in [0.15, 0.2) is 11.3 Å². The Morgan fingerprint density at radius 1 is 0.893 bits per heavy atom. The summed E-state index contributed by atoms with van der Waals surface area (Å²) >= 11 is 0. The molecule has 56 heavy (non-hydrogen) atoms. The minimum Gasteiger partial charge on any atom is -0.496 e. The number of carbonyl (C=O) groups is 1. The Kier molecular flexibility index (Phi) is 11.7. The Bertz CT molecular complexity index is 2390. The smallest absolute Gasteiger partial charge is 0.437 e. The largest absolute Gasteiger partial charge is 0.496 e. The lowest BCUT2D eigenvalue weighted by molar-refractivity contribution is -0.141. The van der Waals surface area contributed by atoms with Gasteiger partial charge in [-0.2, -0.15) is 13.2 Å². The van der Waals surface area contributed by atoms with E-state index in [1.165, 1.54) is 24.8 Å². The lowest BCUT2D eigenvalue weighted by Gasteiger charge is -2.34. The van der Waals surface area contributed by atoms with Crippen molar-refractivity contribution < 1.29 is 27.2 Å². The maximum atomic E-state index is 13.2. The number of hydrogen-bond acceptors (Lipinski definition) is 7. The number of nitrogens with zero attached hydrogens (tertiary/aromatic N) is 2. The van der Waals surface area contributed by atoms with Crippen LogP contribution in [0.5, 0.6) is 5.75 Å². The molecule has 0 spiro atoms. The number of nitrogens with one attached hydrogen (secondary N) is 3. The van der Waals surface area contributed by atoms with Gasteiger partial charge >= 0.3 is 6.18 Å². The van der Waals surface area contributed by atoms with Gasteiger partial charge in [0.2, 0.25) is 0 Å². The summed E-state index contributed by atoms with van der Waals surface area (Å²) < 4.78 is 49.8. The lowest BCUT2D eigenvalue weighted by atomic mass is 9.92. The summed E-state index contributed by atoms with van der Waals surface area (Å²) in [5, 5.41) is 14.2. The summed E-state index contributed by atoms with van der Waals surface area (Å²) in [5.41, 5.74) is 5.18. The number of halogens is 3. The van der Waals surface area contributed by atoms with E-state index in [4.69, 9.17) is 14.2 Å². The van der Waals surface area contributed by atoms with Crippen LogP contribution in [-0.2, 0) is 12.7 Å². The standard InChI is InChI=1S/C24H20N2O.C21H22F3N3O2/c1-17(18-10-4-2-5-11-18)25-24(27)21-16-23(19-12-6-3-7-13-19)26-22-15-9-8-14-20(21)22;1-28-17-11-18-15(20(27-29-18)21(22,23)24)10-14(17)12-26-16-8-5-9-25-19(16)13-6-3-2-4-7-13/h2-17H,1H3,(H,25,27);2-4,6-7,10-11,16,19,25-26H,5,8-9,12H2,1H3. The molecule has 0 radical (unpaired) electrons. The molecule has 7 aromatic rings. The van der Waals surface area contributed by atoms with Crippen molar-refractivity contribution in [3.8, 4) is 17.0 Å². The Morgan fingerprint density at radius 3 is 2.29 bits per heavy atom. The number of ether oxygens (including phenoxy) is 1. The van der Waals surface area contributed by atoms with Crippen molar-refractivity contribution in [1.82, 2.24) is 26.1 Å². The van der Waals surface area contributed by atoms with E-state index in [0.717, 1.165) is 47.1 Å². The molecule has 11 heteroatoms. The molecule has 1 aliphatic rings. The second kappa shape index (κ2) is 17.2. The second-order valence-corrected chi connectivity index (χ2v) is 13.7. The fourth-order valence-electron chi connectivity index (χ4n) is 7.12. The summed E-state index contributed by atoms with van der Waals surface area (Å²) in [6, 6.07) is 42.8. The summed E-state index contributed by atoms with van der Waals surface area (Å²) in [7, 11) is 1.49. The van der Waals surface area contributed by atoms with Crippen LogP contribution >= 0.6 is 0 Å². The van der Waals surface area contributed by atoms with Gasteiger partial charge in [0.1, 0.15) is 5.75 Å². The van der Waals surface area contributed by atoms with E-state index < -0.39 is 11.9 Å². The number of hydrogen-bond donors (Lipinski definition) is 3. The molecule has 0 saturated carbocycles. The minimum absolute atomic E-state index is 0.0550. The van der Waals surface area contributed by atoms with E-state index in [1.54, 1.807) is 0 Å². The van der Waals surface area contributed by atoms with Gasteiger partial charge in [0, 0.05) is 41.2 Å². The molecule has 1 amide bonds. The van der Waals surface area contributed by atoms with Crippen LogP contribution in [0.25, 0.3) is 33.1 Å². The normalized spacial score (nSPS) is 16.2. The fourth-order valence-corrected chi connectivity index (χ4v) is 7.12. The third-order valence-electron chi connectivity index (χ3n) is 9.99.